The molecule has 0 N–H and O–H groups in total. The predicted molar refractivity (Wildman–Crippen MR) is 48.3 cm³/mol. The summed E-state index contributed by atoms with van der Waals surface area (Å²) < 4.78 is 5.87. The fourth-order valence-electron chi connectivity index (χ4n) is 2.01. The van der Waals surface area contributed by atoms with Gasteiger partial charge in [-0.15, -0.1) is 0 Å². The molecule has 0 bridgehead atoms. The summed E-state index contributed by atoms with van der Waals surface area (Å²) in [6.07, 6.45) is 5.69. The van der Waals surface area contributed by atoms with Crippen LogP contribution in [0.15, 0.2) is 18.2 Å². The van der Waals surface area contributed by atoms with Gasteiger partial charge in [0.15, 0.2) is 0 Å². The second kappa shape index (κ2) is 2.25. The molecule has 0 atom stereocenters. The fraction of sp³-hybridized carbons (Fsp3) is 0.455. The maximum absolute atomic E-state index is 5.87. The Morgan fingerprint density at radius 2 is 2.00 bits per heavy atom. The van der Waals surface area contributed by atoms with E-state index in [2.05, 4.69) is 18.2 Å². The van der Waals surface area contributed by atoms with Crippen LogP contribution in [0.5, 0.6) is 5.75 Å². The van der Waals surface area contributed by atoms with Gasteiger partial charge in [0.2, 0.25) is 0 Å². The van der Waals surface area contributed by atoms with Gasteiger partial charge in [-0.1, -0.05) is 6.07 Å². The van der Waals surface area contributed by atoms with Gasteiger partial charge in [-0.2, -0.15) is 0 Å². The van der Waals surface area contributed by atoms with Crippen molar-refractivity contribution in [2.75, 3.05) is 0 Å². The first kappa shape index (κ1) is 6.53. The Bertz CT molecular complexity index is 311. The lowest BCUT2D eigenvalue weighted by Gasteiger charge is -2.11. The van der Waals surface area contributed by atoms with Crippen LogP contribution < -0.4 is 4.74 Å². The van der Waals surface area contributed by atoms with Crippen molar-refractivity contribution in [2.45, 2.75) is 31.8 Å². The van der Waals surface area contributed by atoms with Crippen LogP contribution in [0.25, 0.3) is 11.1 Å². The third kappa shape index (κ3) is 0.927. The van der Waals surface area contributed by atoms with E-state index >= 15 is 0 Å². The van der Waals surface area contributed by atoms with Gasteiger partial charge in [0, 0.05) is 5.56 Å². The van der Waals surface area contributed by atoms with Gasteiger partial charge in [-0.25, -0.2) is 0 Å². The topological polar surface area (TPSA) is 9.23 Å². The highest BCUT2D eigenvalue weighted by Crippen LogP contribution is 2.44. The molecule has 0 aromatic carbocycles. The van der Waals surface area contributed by atoms with Crippen molar-refractivity contribution >= 4 is 0 Å². The molecule has 0 amide bonds. The van der Waals surface area contributed by atoms with E-state index in [1.807, 2.05) is 0 Å². The average Bonchev–Trinajstić information content (AvgIpc) is 2.54. The first-order valence-corrected chi connectivity index (χ1v) is 4.74. The van der Waals surface area contributed by atoms with E-state index in [-0.39, 0.29) is 0 Å². The lowest BCUT2D eigenvalue weighted by atomic mass is 10.3. The minimum absolute atomic E-state index is 0.505. The molecule has 0 aliphatic heterocycles. The maximum Gasteiger partial charge on any atom is 0.127 e. The minimum atomic E-state index is 0.505. The van der Waals surface area contributed by atoms with Crippen LogP contribution >= 0.6 is 0 Å². The molecule has 3 rings (SSSR count). The zero-order valence-corrected chi connectivity index (χ0v) is 7.05. The third-order valence-electron chi connectivity index (χ3n) is 2.80. The number of hydrogen-bond acceptors (Lipinski definition) is 1. The van der Waals surface area contributed by atoms with Gasteiger partial charge >= 0.3 is 0 Å². The second-order valence-electron chi connectivity index (χ2n) is 3.74. The second-order valence-corrected chi connectivity index (χ2v) is 3.74. The molecule has 1 saturated carbocycles. The summed E-state index contributed by atoms with van der Waals surface area (Å²) in [4.78, 5) is 0. The Balaban J connectivity index is 1.71. The first-order chi connectivity index (χ1) is 5.93. The first-order valence-electron chi connectivity index (χ1n) is 4.74. The molecule has 0 aromatic rings. The van der Waals surface area contributed by atoms with Gasteiger partial charge in [-0.05, 0) is 43.4 Å². The molecule has 0 spiro atoms. The van der Waals surface area contributed by atoms with Gasteiger partial charge in [0.25, 0.3) is 0 Å². The van der Waals surface area contributed by atoms with Crippen LogP contribution in [-0.2, 0) is 0 Å². The molecule has 12 heavy (non-hydrogen) atoms. The van der Waals surface area contributed by atoms with Gasteiger partial charge in [0.1, 0.15) is 5.75 Å². The van der Waals surface area contributed by atoms with Crippen molar-refractivity contribution in [3.63, 3.8) is 0 Å². The summed E-state index contributed by atoms with van der Waals surface area (Å²) in [6, 6.07) is 6.42. The van der Waals surface area contributed by atoms with Crippen LogP contribution in [-0.4, -0.2) is 6.10 Å². The largest absolute Gasteiger partial charge is 0.490 e. The molecule has 1 fully saturated rings. The van der Waals surface area contributed by atoms with E-state index in [4.69, 9.17) is 4.74 Å². The number of benzene rings is 1. The molecule has 1 heteroatoms. The molecule has 0 aromatic heterocycles. The molecule has 62 valence electrons. The SMILES string of the molecule is c1cc(OC2CCCC2)c2cc1-2. The zero-order valence-electron chi connectivity index (χ0n) is 7.05. The van der Waals surface area contributed by atoms with Gasteiger partial charge in [-0.3, -0.25) is 0 Å². The van der Waals surface area contributed by atoms with Crippen LogP contribution in [0.1, 0.15) is 25.7 Å². The number of ether oxygens (including phenoxy) is 1. The van der Waals surface area contributed by atoms with E-state index in [1.54, 1.807) is 0 Å². The Kier molecular flexibility index (Phi) is 1.23. The Hall–Kier alpha value is -0.980. The molecule has 0 radical (unpaired) electrons. The van der Waals surface area contributed by atoms with E-state index in [0.29, 0.717) is 6.10 Å². The highest BCUT2D eigenvalue weighted by molar-refractivity contribution is 5.87. The summed E-state index contributed by atoms with van der Waals surface area (Å²) in [5.41, 5.74) is 2.73. The molecular formula is C11H12O. The minimum Gasteiger partial charge on any atom is -0.490 e. The van der Waals surface area contributed by atoms with Crippen molar-refractivity contribution in [2.24, 2.45) is 0 Å². The Morgan fingerprint density at radius 3 is 2.58 bits per heavy atom. The van der Waals surface area contributed by atoms with Crippen LogP contribution in [0, 0.1) is 0 Å². The molecule has 0 unspecified atom stereocenters. The Morgan fingerprint density at radius 1 is 1.17 bits per heavy atom. The van der Waals surface area contributed by atoms with Crippen LogP contribution in [0.4, 0.5) is 0 Å². The van der Waals surface area contributed by atoms with Crippen molar-refractivity contribution in [1.29, 1.82) is 0 Å². The molecular weight excluding hydrogens is 148 g/mol. The standard InChI is InChI=1S/C11H12O/c1-2-4-9(3-1)12-11-6-5-8-7-10(8)11/h5-7,9H,1-4H2. The molecule has 3 aliphatic rings. The Labute approximate surface area is 72.4 Å². The van der Waals surface area contributed by atoms with Crippen molar-refractivity contribution < 1.29 is 4.74 Å². The van der Waals surface area contributed by atoms with Crippen LogP contribution in [0.3, 0.4) is 0 Å². The molecule has 3 aliphatic carbocycles. The summed E-state index contributed by atoms with van der Waals surface area (Å²) in [7, 11) is 0. The highest BCUT2D eigenvalue weighted by atomic mass is 16.5. The lowest BCUT2D eigenvalue weighted by Crippen LogP contribution is -2.10. The average molecular weight is 160 g/mol. The smallest absolute Gasteiger partial charge is 0.127 e. The van der Waals surface area contributed by atoms with Gasteiger partial charge in [0.05, 0.1) is 6.10 Å². The maximum atomic E-state index is 5.87. The van der Waals surface area contributed by atoms with E-state index < -0.39 is 0 Å². The quantitative estimate of drug-likeness (QED) is 0.656. The summed E-state index contributed by atoms with van der Waals surface area (Å²) in [6.45, 7) is 0. The number of rotatable bonds is 2. The zero-order chi connectivity index (χ0) is 7.97. The van der Waals surface area contributed by atoms with E-state index in [1.165, 1.54) is 36.8 Å². The van der Waals surface area contributed by atoms with Crippen molar-refractivity contribution in [3.8, 4) is 16.9 Å². The molecule has 0 saturated heterocycles. The summed E-state index contributed by atoms with van der Waals surface area (Å²) >= 11 is 0. The summed E-state index contributed by atoms with van der Waals surface area (Å²) in [5.74, 6) is 1.12. The summed E-state index contributed by atoms with van der Waals surface area (Å²) in [5, 5.41) is 0. The van der Waals surface area contributed by atoms with Crippen molar-refractivity contribution in [1.82, 2.24) is 0 Å². The van der Waals surface area contributed by atoms with Crippen molar-refractivity contribution in [3.05, 3.63) is 18.2 Å². The highest BCUT2D eigenvalue weighted by Gasteiger charge is 2.22. The monoisotopic (exact) mass is 160 g/mol. The number of hydrogen-bond donors (Lipinski definition) is 0. The van der Waals surface area contributed by atoms with E-state index in [9.17, 15) is 0 Å². The fourth-order valence-corrected chi connectivity index (χ4v) is 2.01. The lowest BCUT2D eigenvalue weighted by molar-refractivity contribution is 0.212. The van der Waals surface area contributed by atoms with E-state index in [0.717, 1.165) is 5.75 Å². The molecule has 0 heterocycles. The number of fused-ring (bicyclic) bond motifs is 1. The molecule has 1 nitrogen and oxygen atoms in total. The predicted octanol–water partition coefficient (Wildman–Crippen LogP) is 2.99. The van der Waals surface area contributed by atoms with Crippen LogP contribution in [0.2, 0.25) is 0 Å². The van der Waals surface area contributed by atoms with Gasteiger partial charge < -0.3 is 4.74 Å². The third-order valence-corrected chi connectivity index (χ3v) is 2.80. The normalized spacial score (nSPS) is 19.7.